The van der Waals surface area contributed by atoms with E-state index in [1.165, 1.54) is 23.8 Å². The van der Waals surface area contributed by atoms with Crippen LogP contribution in [0.4, 0.5) is 8.78 Å². The number of benzene rings is 2. The molecule has 29 heavy (non-hydrogen) atoms. The lowest BCUT2D eigenvalue weighted by atomic mass is 9.73. The Balaban J connectivity index is 1.66. The van der Waals surface area contributed by atoms with Gasteiger partial charge in [-0.15, -0.1) is 0 Å². The van der Waals surface area contributed by atoms with Crippen LogP contribution >= 0.6 is 0 Å². The van der Waals surface area contributed by atoms with Gasteiger partial charge in [0.15, 0.2) is 0 Å². The average Bonchev–Trinajstić information content (AvgIpc) is 3.57. The van der Waals surface area contributed by atoms with Gasteiger partial charge in [-0.2, -0.15) is 5.26 Å². The average molecular weight is 397 g/mol. The fourth-order valence-electron chi connectivity index (χ4n) is 4.40. The first-order valence-electron chi connectivity index (χ1n) is 10.7. The van der Waals surface area contributed by atoms with Crippen LogP contribution in [0, 0.1) is 28.9 Å². The maximum Gasteiger partial charge on any atom is 0.130 e. The second kappa shape index (κ2) is 9.98. The maximum atomic E-state index is 14.5. The lowest BCUT2D eigenvalue weighted by Gasteiger charge is -2.30. The SMILES string of the molecule is CCCN(CCCC(C#N)(c1c(F)cccc1F)C1CC1)CCc1ccccc1. The largest absolute Gasteiger partial charge is 0.303 e. The minimum Gasteiger partial charge on any atom is -0.303 e. The van der Waals surface area contributed by atoms with E-state index in [4.69, 9.17) is 0 Å². The fraction of sp³-hybridized carbons (Fsp3) is 0.480. The summed E-state index contributed by atoms with van der Waals surface area (Å²) in [6, 6.07) is 16.7. The van der Waals surface area contributed by atoms with Crippen molar-refractivity contribution < 1.29 is 8.78 Å². The molecule has 0 amide bonds. The van der Waals surface area contributed by atoms with Gasteiger partial charge in [0, 0.05) is 12.1 Å². The van der Waals surface area contributed by atoms with Crippen LogP contribution in [-0.4, -0.2) is 24.5 Å². The van der Waals surface area contributed by atoms with E-state index in [1.807, 2.05) is 6.07 Å². The second-order valence-electron chi connectivity index (χ2n) is 8.13. The molecule has 0 heterocycles. The van der Waals surface area contributed by atoms with Gasteiger partial charge in [0.05, 0.1) is 11.5 Å². The third-order valence-electron chi connectivity index (χ3n) is 6.03. The first kappa shape index (κ1) is 21.5. The third kappa shape index (κ3) is 5.22. The number of rotatable bonds is 11. The first-order chi connectivity index (χ1) is 14.1. The first-order valence-corrected chi connectivity index (χ1v) is 10.7. The van der Waals surface area contributed by atoms with Gasteiger partial charge in [0.25, 0.3) is 0 Å². The molecule has 2 aromatic carbocycles. The van der Waals surface area contributed by atoms with Crippen LogP contribution in [0.15, 0.2) is 48.5 Å². The van der Waals surface area contributed by atoms with Crippen LogP contribution in [0.2, 0.25) is 0 Å². The van der Waals surface area contributed by atoms with Crippen molar-refractivity contribution in [1.29, 1.82) is 5.26 Å². The second-order valence-corrected chi connectivity index (χ2v) is 8.13. The van der Waals surface area contributed by atoms with Gasteiger partial charge in [-0.3, -0.25) is 0 Å². The monoisotopic (exact) mass is 396 g/mol. The van der Waals surface area contributed by atoms with Gasteiger partial charge in [-0.25, -0.2) is 8.78 Å². The zero-order valence-corrected chi connectivity index (χ0v) is 17.2. The number of hydrogen-bond donors (Lipinski definition) is 0. The van der Waals surface area contributed by atoms with Crippen LogP contribution in [0.25, 0.3) is 0 Å². The Bertz CT molecular complexity index is 806. The molecule has 3 rings (SSSR count). The van der Waals surface area contributed by atoms with E-state index >= 15 is 0 Å². The minimum atomic E-state index is -1.05. The van der Waals surface area contributed by atoms with Crippen molar-refractivity contribution in [2.45, 2.75) is 50.9 Å². The highest BCUT2D eigenvalue weighted by atomic mass is 19.1. The summed E-state index contributed by atoms with van der Waals surface area (Å²) in [5.74, 6) is -1.12. The van der Waals surface area contributed by atoms with Crippen LogP contribution in [-0.2, 0) is 11.8 Å². The molecule has 154 valence electrons. The molecule has 1 aliphatic carbocycles. The Morgan fingerprint density at radius 1 is 1.00 bits per heavy atom. The van der Waals surface area contributed by atoms with Gasteiger partial charge in [-0.05, 0) is 75.2 Å². The van der Waals surface area contributed by atoms with E-state index < -0.39 is 17.0 Å². The molecule has 1 aliphatic rings. The smallest absolute Gasteiger partial charge is 0.130 e. The van der Waals surface area contributed by atoms with E-state index in [0.717, 1.165) is 51.7 Å². The topological polar surface area (TPSA) is 27.0 Å². The van der Waals surface area contributed by atoms with E-state index in [9.17, 15) is 14.0 Å². The van der Waals surface area contributed by atoms with Gasteiger partial charge >= 0.3 is 0 Å². The molecule has 0 spiro atoms. The Hall–Kier alpha value is -2.25. The highest BCUT2D eigenvalue weighted by molar-refractivity contribution is 5.37. The Morgan fingerprint density at radius 2 is 1.69 bits per heavy atom. The minimum absolute atomic E-state index is 0.0173. The van der Waals surface area contributed by atoms with Crippen molar-refractivity contribution in [1.82, 2.24) is 4.90 Å². The van der Waals surface area contributed by atoms with Crippen molar-refractivity contribution in [3.63, 3.8) is 0 Å². The van der Waals surface area contributed by atoms with Gasteiger partial charge in [0.1, 0.15) is 11.6 Å². The zero-order chi connectivity index (χ0) is 20.7. The van der Waals surface area contributed by atoms with Crippen molar-refractivity contribution in [2.75, 3.05) is 19.6 Å². The Morgan fingerprint density at radius 3 is 2.28 bits per heavy atom. The Kier molecular flexibility index (Phi) is 7.39. The van der Waals surface area contributed by atoms with E-state index in [-0.39, 0.29) is 11.5 Å². The van der Waals surface area contributed by atoms with Crippen LogP contribution in [0.3, 0.4) is 0 Å². The van der Waals surface area contributed by atoms with Gasteiger partial charge < -0.3 is 4.90 Å². The molecule has 2 aromatic rings. The van der Waals surface area contributed by atoms with Crippen LogP contribution in [0.1, 0.15) is 50.2 Å². The number of nitriles is 1. The van der Waals surface area contributed by atoms with Crippen molar-refractivity contribution >= 4 is 0 Å². The quantitative estimate of drug-likeness (QED) is 0.475. The highest BCUT2D eigenvalue weighted by Gasteiger charge is 2.49. The summed E-state index contributed by atoms with van der Waals surface area (Å²) in [7, 11) is 0. The summed E-state index contributed by atoms with van der Waals surface area (Å²) in [4.78, 5) is 2.40. The highest BCUT2D eigenvalue weighted by Crippen LogP contribution is 2.51. The molecule has 0 radical (unpaired) electrons. The molecule has 1 saturated carbocycles. The summed E-state index contributed by atoms with van der Waals surface area (Å²) in [6.07, 6.45) is 5.03. The maximum absolute atomic E-state index is 14.5. The van der Waals surface area contributed by atoms with E-state index in [1.54, 1.807) is 0 Å². The number of nitrogens with zero attached hydrogens (tertiary/aromatic N) is 2. The summed E-state index contributed by atoms with van der Waals surface area (Å²) in [6.45, 7) is 4.94. The van der Waals surface area contributed by atoms with Crippen molar-refractivity contribution in [2.24, 2.45) is 5.92 Å². The molecule has 0 N–H and O–H groups in total. The summed E-state index contributed by atoms with van der Waals surface area (Å²) in [5.41, 5.74) is 0.245. The Labute approximate surface area is 173 Å². The molecule has 1 atom stereocenters. The standard InChI is InChI=1S/C25H30F2N2/c1-2-16-29(18-14-20-8-4-3-5-9-20)17-7-15-25(19-28,21-12-13-21)24-22(26)10-6-11-23(24)27/h3-6,8-11,21H,2,7,12-18H2,1H3. The molecule has 1 unspecified atom stereocenters. The molecule has 0 saturated heterocycles. The zero-order valence-electron chi connectivity index (χ0n) is 17.2. The molecular formula is C25H30F2N2. The number of hydrogen-bond acceptors (Lipinski definition) is 2. The van der Waals surface area contributed by atoms with Crippen molar-refractivity contribution in [3.8, 4) is 6.07 Å². The molecule has 0 aliphatic heterocycles. The lowest BCUT2D eigenvalue weighted by molar-refractivity contribution is 0.258. The van der Waals surface area contributed by atoms with Crippen LogP contribution in [0.5, 0.6) is 0 Å². The molecule has 2 nitrogen and oxygen atoms in total. The predicted molar refractivity (Wildman–Crippen MR) is 112 cm³/mol. The molecule has 4 heteroatoms. The molecule has 0 bridgehead atoms. The summed E-state index contributed by atoms with van der Waals surface area (Å²) in [5, 5.41) is 10.0. The predicted octanol–water partition coefficient (Wildman–Crippen LogP) is 5.87. The lowest BCUT2D eigenvalue weighted by Crippen LogP contribution is -2.33. The molecular weight excluding hydrogens is 366 g/mol. The van der Waals surface area contributed by atoms with Crippen LogP contribution < -0.4 is 0 Å². The summed E-state index contributed by atoms with van der Waals surface area (Å²) >= 11 is 0. The van der Waals surface area contributed by atoms with Gasteiger partial charge in [-0.1, -0.05) is 43.3 Å². The third-order valence-corrected chi connectivity index (χ3v) is 6.03. The van der Waals surface area contributed by atoms with E-state index in [2.05, 4.69) is 42.2 Å². The number of halogens is 2. The molecule has 1 fully saturated rings. The summed E-state index contributed by atoms with van der Waals surface area (Å²) < 4.78 is 29.1. The molecule has 0 aromatic heterocycles. The van der Waals surface area contributed by atoms with Crippen molar-refractivity contribution in [3.05, 3.63) is 71.3 Å². The van der Waals surface area contributed by atoms with Gasteiger partial charge in [0.2, 0.25) is 0 Å². The van der Waals surface area contributed by atoms with E-state index in [0.29, 0.717) is 6.42 Å². The normalized spacial score (nSPS) is 15.8. The fourth-order valence-corrected chi connectivity index (χ4v) is 4.40.